The second-order valence-corrected chi connectivity index (χ2v) is 6.64. The van der Waals surface area contributed by atoms with Gasteiger partial charge in [0.05, 0.1) is 0 Å². The van der Waals surface area contributed by atoms with Gasteiger partial charge in [-0.25, -0.2) is 0 Å². The number of anilines is 4. The molecule has 124 valence electrons. The molecule has 0 heterocycles. The second-order valence-electron chi connectivity index (χ2n) is 6.64. The van der Waals surface area contributed by atoms with Crippen molar-refractivity contribution in [2.24, 2.45) is 0 Å². The van der Waals surface area contributed by atoms with Gasteiger partial charge in [-0.2, -0.15) is 0 Å². The lowest BCUT2D eigenvalue weighted by molar-refractivity contribution is 1.05. The van der Waals surface area contributed by atoms with Gasteiger partial charge >= 0.3 is 0 Å². The lowest BCUT2D eigenvalue weighted by Gasteiger charge is -2.23. The van der Waals surface area contributed by atoms with E-state index in [9.17, 15) is 0 Å². The highest BCUT2D eigenvalue weighted by Gasteiger charge is 2.13. The van der Waals surface area contributed by atoms with E-state index in [0.717, 1.165) is 40.3 Å². The van der Waals surface area contributed by atoms with Crippen LogP contribution < -0.4 is 21.3 Å². The van der Waals surface area contributed by atoms with E-state index < -0.39 is 0 Å². The Morgan fingerprint density at radius 2 is 1.04 bits per heavy atom. The number of rotatable bonds is 4. The minimum Gasteiger partial charge on any atom is -0.398 e. The third kappa shape index (κ3) is 3.52. The number of nitrogens with zero attached hydrogens (tertiary/aromatic N) is 2. The van der Waals surface area contributed by atoms with Gasteiger partial charge in [0.15, 0.2) is 0 Å². The lowest BCUT2D eigenvalue weighted by Crippen LogP contribution is -2.15. The van der Waals surface area contributed by atoms with Crippen molar-refractivity contribution >= 4 is 22.7 Å². The topological polar surface area (TPSA) is 58.5 Å². The monoisotopic (exact) mass is 312 g/mol. The van der Waals surface area contributed by atoms with E-state index in [-0.39, 0.29) is 0 Å². The number of aryl methyl sites for hydroxylation is 2. The molecule has 0 atom stereocenters. The number of hydrogen-bond donors (Lipinski definition) is 2. The maximum Gasteiger partial charge on any atom is 0.0417 e. The first-order valence-corrected chi connectivity index (χ1v) is 7.83. The maximum absolute atomic E-state index is 6.09. The molecule has 0 unspecified atom stereocenters. The fraction of sp³-hybridized carbons (Fsp3) is 0.368. The molecule has 2 aromatic rings. The molecule has 0 aliphatic heterocycles. The molecule has 4 nitrogen and oxygen atoms in total. The Kier molecular flexibility index (Phi) is 4.73. The van der Waals surface area contributed by atoms with Crippen molar-refractivity contribution in [3.8, 4) is 0 Å². The van der Waals surface area contributed by atoms with Crippen molar-refractivity contribution in [1.29, 1.82) is 0 Å². The van der Waals surface area contributed by atoms with Crippen molar-refractivity contribution in [2.45, 2.75) is 20.3 Å². The van der Waals surface area contributed by atoms with Gasteiger partial charge in [-0.15, -0.1) is 0 Å². The van der Waals surface area contributed by atoms with Crippen molar-refractivity contribution in [1.82, 2.24) is 0 Å². The summed E-state index contributed by atoms with van der Waals surface area (Å²) in [5.74, 6) is 0. The van der Waals surface area contributed by atoms with E-state index in [1.165, 1.54) is 11.1 Å². The minimum atomic E-state index is 0.832. The van der Waals surface area contributed by atoms with Crippen LogP contribution in [0.5, 0.6) is 0 Å². The zero-order chi connectivity index (χ0) is 17.3. The predicted molar refractivity (Wildman–Crippen MR) is 103 cm³/mol. The Morgan fingerprint density at radius 1 is 0.696 bits per heavy atom. The molecule has 0 spiro atoms. The molecule has 0 saturated heterocycles. The molecule has 2 rings (SSSR count). The first-order valence-electron chi connectivity index (χ1n) is 7.83. The summed E-state index contributed by atoms with van der Waals surface area (Å²) in [5, 5.41) is 0. The fourth-order valence-electron chi connectivity index (χ4n) is 2.87. The zero-order valence-corrected chi connectivity index (χ0v) is 15.1. The summed E-state index contributed by atoms with van der Waals surface area (Å²) in [7, 11) is 8.20. The first-order chi connectivity index (χ1) is 10.7. The largest absolute Gasteiger partial charge is 0.398 e. The van der Waals surface area contributed by atoms with Gasteiger partial charge < -0.3 is 21.3 Å². The van der Waals surface area contributed by atoms with Crippen molar-refractivity contribution < 1.29 is 0 Å². The summed E-state index contributed by atoms with van der Waals surface area (Å²) >= 11 is 0. The van der Waals surface area contributed by atoms with Crippen molar-refractivity contribution in [2.75, 3.05) is 49.5 Å². The molecular weight excluding hydrogens is 284 g/mol. The molecule has 4 N–H and O–H groups in total. The van der Waals surface area contributed by atoms with Crippen LogP contribution in [0.15, 0.2) is 24.3 Å². The molecule has 0 saturated carbocycles. The number of benzene rings is 2. The Balaban J connectivity index is 2.55. The standard InChI is InChI=1S/C19H28N4/c1-12-7-14(18(22(3)4)10-16(12)20)9-15-8-13(2)17(21)11-19(15)23(5)6/h7-8,10-11H,9,20-21H2,1-6H3. The average molecular weight is 312 g/mol. The molecule has 0 fully saturated rings. The van der Waals surface area contributed by atoms with Gasteiger partial charge in [0.2, 0.25) is 0 Å². The summed E-state index contributed by atoms with van der Waals surface area (Å²) < 4.78 is 0. The van der Waals surface area contributed by atoms with Crippen LogP contribution in [0.2, 0.25) is 0 Å². The minimum absolute atomic E-state index is 0.832. The molecule has 0 aliphatic carbocycles. The van der Waals surface area contributed by atoms with Gasteiger partial charge in [-0.1, -0.05) is 12.1 Å². The van der Waals surface area contributed by atoms with Gasteiger partial charge in [0.1, 0.15) is 0 Å². The van der Waals surface area contributed by atoms with E-state index in [2.05, 4.69) is 76.1 Å². The van der Waals surface area contributed by atoms with E-state index in [0.29, 0.717) is 0 Å². The van der Waals surface area contributed by atoms with Crippen LogP contribution in [-0.2, 0) is 6.42 Å². The van der Waals surface area contributed by atoms with Crippen molar-refractivity contribution in [3.05, 3.63) is 46.5 Å². The highest BCUT2D eigenvalue weighted by molar-refractivity contribution is 5.68. The van der Waals surface area contributed by atoms with Gasteiger partial charge in [-0.05, 0) is 48.2 Å². The maximum atomic E-state index is 6.09. The van der Waals surface area contributed by atoms with Gasteiger partial charge in [0, 0.05) is 57.4 Å². The first kappa shape index (κ1) is 17.0. The van der Waals surface area contributed by atoms with E-state index in [4.69, 9.17) is 11.5 Å². The summed E-state index contributed by atoms with van der Waals surface area (Å²) in [6.45, 7) is 4.11. The molecule has 23 heavy (non-hydrogen) atoms. The van der Waals surface area contributed by atoms with Crippen LogP contribution in [-0.4, -0.2) is 28.2 Å². The van der Waals surface area contributed by atoms with Crippen LogP contribution in [0.3, 0.4) is 0 Å². The van der Waals surface area contributed by atoms with Gasteiger partial charge in [0.25, 0.3) is 0 Å². The molecule has 0 radical (unpaired) electrons. The second kappa shape index (κ2) is 6.41. The summed E-state index contributed by atoms with van der Waals surface area (Å²) in [5.41, 5.74) is 20.9. The fourth-order valence-corrected chi connectivity index (χ4v) is 2.87. The molecule has 0 amide bonds. The van der Waals surface area contributed by atoms with Crippen LogP contribution in [0.1, 0.15) is 22.3 Å². The van der Waals surface area contributed by atoms with Crippen LogP contribution >= 0.6 is 0 Å². The Morgan fingerprint density at radius 3 is 1.35 bits per heavy atom. The van der Waals surface area contributed by atoms with Crippen LogP contribution in [0, 0.1) is 13.8 Å². The highest BCUT2D eigenvalue weighted by Crippen LogP contribution is 2.32. The highest BCUT2D eigenvalue weighted by atomic mass is 15.1. The lowest BCUT2D eigenvalue weighted by atomic mass is 9.96. The van der Waals surface area contributed by atoms with Crippen molar-refractivity contribution in [3.63, 3.8) is 0 Å². The smallest absolute Gasteiger partial charge is 0.0417 e. The van der Waals surface area contributed by atoms with Crippen LogP contribution in [0.25, 0.3) is 0 Å². The molecule has 0 aromatic heterocycles. The summed E-state index contributed by atoms with van der Waals surface area (Å²) in [6.07, 6.45) is 0.850. The Labute approximate surface area is 139 Å². The SMILES string of the molecule is Cc1cc(Cc2cc(C)c(N)cc2N(C)C)c(N(C)C)cc1N. The van der Waals surface area contributed by atoms with E-state index in [1.807, 2.05) is 0 Å². The third-order valence-electron chi connectivity index (χ3n) is 4.28. The van der Waals surface area contributed by atoms with Crippen LogP contribution in [0.4, 0.5) is 22.7 Å². The number of hydrogen-bond acceptors (Lipinski definition) is 4. The number of nitrogens with two attached hydrogens (primary N) is 2. The quantitative estimate of drug-likeness (QED) is 0.851. The summed E-state index contributed by atoms with van der Waals surface area (Å²) in [4.78, 5) is 4.23. The normalized spacial score (nSPS) is 10.7. The molecule has 0 bridgehead atoms. The molecule has 2 aromatic carbocycles. The average Bonchev–Trinajstić information content (AvgIpc) is 2.45. The predicted octanol–water partition coefficient (Wildman–Crippen LogP) is 3.19. The molecular formula is C19H28N4. The van der Waals surface area contributed by atoms with Gasteiger partial charge in [-0.3, -0.25) is 0 Å². The summed E-state index contributed by atoms with van der Waals surface area (Å²) in [6, 6.07) is 8.50. The Hall–Kier alpha value is -2.36. The van der Waals surface area contributed by atoms with E-state index >= 15 is 0 Å². The molecule has 4 heteroatoms. The zero-order valence-electron chi connectivity index (χ0n) is 15.1. The van der Waals surface area contributed by atoms with E-state index in [1.54, 1.807) is 0 Å². The Bertz CT molecular complexity index is 656. The number of nitrogen functional groups attached to an aromatic ring is 2. The molecule has 0 aliphatic rings. The third-order valence-corrected chi connectivity index (χ3v) is 4.28.